The molecule has 141 heavy (non-hydrogen) atoms. The van der Waals surface area contributed by atoms with Crippen molar-refractivity contribution in [2.45, 2.75) is 198 Å². The fourth-order valence-corrected chi connectivity index (χ4v) is 18.6. The summed E-state index contributed by atoms with van der Waals surface area (Å²) in [5.41, 5.74) is 24.8. The molecule has 0 saturated heterocycles. The Labute approximate surface area is 849 Å². The Kier molecular flexibility index (Phi) is 23.9. The molecule has 25 rings (SSSR count). The zero-order chi connectivity index (χ0) is 113. The Morgan fingerprint density at radius 2 is 0.496 bits per heavy atom. The van der Waals surface area contributed by atoms with Gasteiger partial charge in [0.1, 0.15) is 0 Å². The molecule has 0 fully saturated rings. The molecule has 5 aliphatic heterocycles. The third-order valence-electron chi connectivity index (χ3n) is 24.9. The molecule has 19 heterocycles. The van der Waals surface area contributed by atoms with Crippen LogP contribution < -0.4 is 49.0 Å². The van der Waals surface area contributed by atoms with E-state index >= 15 is 0 Å². The summed E-state index contributed by atoms with van der Waals surface area (Å²) in [7, 11) is 0. The molecule has 0 bridgehead atoms. The van der Waals surface area contributed by atoms with Crippen molar-refractivity contribution < 1.29 is 42.6 Å². The van der Waals surface area contributed by atoms with E-state index in [1.807, 2.05) is 317 Å². The SMILES string of the molecule is CC.CC.CC.CC.CC.[2H]C(C)(C)N1CN(c2c(C)ccc3c2oc2nc(C)ccc23)c2ncccc21.[2H]C([2H])([2H])C([2H])(C)N1CN(c2c(C)ccc3c2oc2nc(C)ccc23)c2ccccc21.[2H]C([2H])([2H])C([2H])(C)N1CN(c2c(C)ccc3c2oc2nc(C)ccc23)c2ncccc21.[2H]C([2H])([2H])N1CN(c2c(C)ccc3c2oc2nc(C)ccc23)c2cccnc21.[2H]C([2H])([2H])N1CN(c2c(C)ccc3c2oc2nc(C)ccc23)c2ncccc21. The Balaban J connectivity index is 0.000000135. The molecule has 0 N–H and O–H groups in total. The smallest absolute Gasteiger partial charge is 0.227 e. The minimum absolute atomic E-state index is 0.173. The third kappa shape index (κ3) is 18.1. The zero-order valence-corrected chi connectivity index (χ0v) is 84.9. The quantitative estimate of drug-likeness (QED) is 0.138. The first-order valence-corrected chi connectivity index (χ1v) is 48.3. The molecule has 0 saturated carbocycles. The predicted molar refractivity (Wildman–Crippen MR) is 590 cm³/mol. The van der Waals surface area contributed by atoms with Crippen molar-refractivity contribution in [2.24, 2.45) is 0 Å². The Hall–Kier alpha value is -15.3. The lowest BCUT2D eigenvalue weighted by Crippen LogP contribution is -2.33. The van der Waals surface area contributed by atoms with Gasteiger partial charge in [0.2, 0.25) is 28.6 Å². The molecule has 14 aromatic heterocycles. The van der Waals surface area contributed by atoms with E-state index in [0.717, 1.165) is 173 Å². The average molecular weight is 1900 g/mol. The molecule has 2 atom stereocenters. The first-order valence-electron chi connectivity index (χ1n) is 55.8. The molecule has 20 aromatic rings. The van der Waals surface area contributed by atoms with Crippen LogP contribution in [0.15, 0.2) is 241 Å². The number of aromatic nitrogens is 9. The summed E-state index contributed by atoms with van der Waals surface area (Å²) in [6.07, 6.45) is 6.76. The van der Waals surface area contributed by atoms with Gasteiger partial charge in [-0.3, -0.25) is 0 Å². The van der Waals surface area contributed by atoms with E-state index in [2.05, 4.69) is 79.8 Å². The van der Waals surface area contributed by atoms with Crippen LogP contribution in [0.3, 0.4) is 0 Å². The van der Waals surface area contributed by atoms with Crippen molar-refractivity contribution in [3.63, 3.8) is 0 Å². The third-order valence-corrected chi connectivity index (χ3v) is 24.9. The lowest BCUT2D eigenvalue weighted by molar-refractivity contribution is 0.649. The van der Waals surface area contributed by atoms with Crippen molar-refractivity contribution in [3.05, 3.63) is 275 Å². The summed E-state index contributed by atoms with van der Waals surface area (Å²) >= 11 is 0. The van der Waals surface area contributed by atoms with Crippen LogP contribution >= 0.6 is 0 Å². The van der Waals surface area contributed by atoms with Crippen molar-refractivity contribution in [3.8, 4) is 0 Å². The van der Waals surface area contributed by atoms with Crippen LogP contribution in [-0.4, -0.2) is 110 Å². The molecule has 0 amide bonds. The average Bonchev–Trinajstić information content (AvgIpc) is 1.57. The number of fused-ring (bicyclic) bond motifs is 20. The molecule has 726 valence electrons. The maximum Gasteiger partial charge on any atom is 0.227 e. The molecule has 0 radical (unpaired) electrons. The first-order chi connectivity index (χ1) is 74.2. The van der Waals surface area contributed by atoms with E-state index in [9.17, 15) is 0 Å². The molecule has 2 unspecified atom stereocenters. The first kappa shape index (κ1) is 80.6. The monoisotopic (exact) mass is 1900 g/mol. The number of hydrogen-bond acceptors (Lipinski definition) is 24. The lowest BCUT2D eigenvalue weighted by atomic mass is 10.1. The summed E-state index contributed by atoms with van der Waals surface area (Å²) < 4.78 is 152. The Bertz CT molecular complexity index is 7980. The molecule has 5 aliphatic rings. The second-order valence-electron chi connectivity index (χ2n) is 34.1. The highest BCUT2D eigenvalue weighted by Crippen LogP contribution is 2.53. The second kappa shape index (κ2) is 41.8. The number of aryl methyl sites for hydroxylation is 10. The number of pyridine rings is 9. The van der Waals surface area contributed by atoms with Crippen LogP contribution in [0, 0.1) is 69.2 Å². The van der Waals surface area contributed by atoms with Gasteiger partial charge in [0, 0.05) is 156 Å². The van der Waals surface area contributed by atoms with Gasteiger partial charge in [0.05, 0.1) is 100 Å². The van der Waals surface area contributed by atoms with Crippen molar-refractivity contribution in [1.29, 1.82) is 0 Å². The van der Waals surface area contributed by atoms with Crippen LogP contribution in [0.25, 0.3) is 110 Å². The van der Waals surface area contributed by atoms with Crippen LogP contribution in [-0.2, 0) is 0 Å². The van der Waals surface area contributed by atoms with E-state index in [1.54, 1.807) is 58.9 Å². The number of rotatable bonds is 8. The topological polar surface area (TPSA) is 214 Å². The van der Waals surface area contributed by atoms with Gasteiger partial charge in [-0.25, -0.2) is 44.9 Å². The van der Waals surface area contributed by atoms with Crippen molar-refractivity contribution in [2.75, 3.05) is 96.3 Å². The fraction of sp³-hybridized carbons (Fsp3) is 0.308. The summed E-state index contributed by atoms with van der Waals surface area (Å²) in [6, 6.07) is 58.3. The fourth-order valence-electron chi connectivity index (χ4n) is 18.6. The van der Waals surface area contributed by atoms with Crippen molar-refractivity contribution in [1.82, 2.24) is 44.9 Å². The largest absolute Gasteiger partial charge is 0.435 e. The normalized spacial score (nSPS) is 16.0. The highest BCUT2D eigenvalue weighted by molar-refractivity contribution is 6.15. The molecular weight excluding hydrogens is 1750 g/mol. The molecule has 6 aromatic carbocycles. The molecular formula is C117H133N19O5. The van der Waals surface area contributed by atoms with Crippen LogP contribution in [0.5, 0.6) is 0 Å². The van der Waals surface area contributed by atoms with Gasteiger partial charge >= 0.3 is 0 Å². The van der Waals surface area contributed by atoms with Gasteiger partial charge < -0.3 is 71.1 Å². The van der Waals surface area contributed by atoms with E-state index in [1.165, 1.54) is 23.6 Å². The van der Waals surface area contributed by atoms with Gasteiger partial charge in [-0.2, -0.15) is 0 Å². The number of furan rings is 5. The van der Waals surface area contributed by atoms with E-state index in [-0.39, 0.29) is 26.7 Å². The van der Waals surface area contributed by atoms with Gasteiger partial charge in [-0.15, -0.1) is 0 Å². The van der Waals surface area contributed by atoms with Gasteiger partial charge in [-0.1, -0.05) is 142 Å². The summed E-state index contributed by atoms with van der Waals surface area (Å²) in [6.45, 7) is 38.2. The number of hydrogen-bond donors (Lipinski definition) is 0. The van der Waals surface area contributed by atoms with Gasteiger partial charge in [0.25, 0.3) is 0 Å². The summed E-state index contributed by atoms with van der Waals surface area (Å²) in [5.74, 6) is 2.51. The lowest BCUT2D eigenvalue weighted by Gasteiger charge is -2.26. The summed E-state index contributed by atoms with van der Waals surface area (Å²) in [4.78, 5) is 58.6. The number of benzene rings is 6. The Morgan fingerprint density at radius 3 is 0.823 bits per heavy atom. The maximum absolute atomic E-state index is 8.69. The standard InChI is InChI=1S/C23H23N3O.2C22H22N4O.2C20H18N4O.5C2H6/c1-14(2)25-13-26(20-8-6-5-7-19(20)25)21-15(3)9-11-17-18-12-10-16(4)24-23(18)27-22(17)21;2*1-13(2)25-12-26(21-18(25)6-5-11-23-21)19-14(3)7-9-16-17-10-8-15(4)24-22(17)27-20(16)19;1-12-6-8-14-15-9-7-13(2)22-20(15)25-18(14)17(12)24-11-23(3)19-16(24)5-4-10-21-19;1-12-6-8-14-15-9-7-13(2)22-20(15)25-18(14)17(12)24-11-23(3)16-5-4-10-21-19(16)24;5*1-2/h5-12,14H,13H2,1-4H3;2*5-11,13H,12H2,1-4H3;2*4-10H,11H2,1-3H3;5*1-2H3/i1D3,14D;1D3,13D;13D;2*3D3;;;;;. The summed E-state index contributed by atoms with van der Waals surface area (Å²) in [5, 5.41) is 9.62. The van der Waals surface area contributed by atoms with Gasteiger partial charge in [0.15, 0.2) is 51.2 Å². The Morgan fingerprint density at radius 1 is 0.248 bits per heavy atom. The van der Waals surface area contributed by atoms with Crippen LogP contribution in [0.4, 0.5) is 85.8 Å². The molecule has 24 nitrogen and oxygen atoms in total. The van der Waals surface area contributed by atoms with Crippen LogP contribution in [0.1, 0.15) is 187 Å². The van der Waals surface area contributed by atoms with Crippen molar-refractivity contribution >= 4 is 196 Å². The predicted octanol–water partition coefficient (Wildman–Crippen LogP) is 30.8. The van der Waals surface area contributed by atoms with E-state index in [0.29, 0.717) is 86.4 Å². The molecule has 0 spiro atoms. The molecule has 24 heteroatoms. The second-order valence-corrected chi connectivity index (χ2v) is 34.1. The highest BCUT2D eigenvalue weighted by atomic mass is 16.4. The van der Waals surface area contributed by atoms with Crippen LogP contribution in [0.2, 0.25) is 0 Å². The number of para-hydroxylation sites is 2. The molecule has 0 aliphatic carbocycles. The maximum atomic E-state index is 8.69. The minimum atomic E-state index is -2.50. The van der Waals surface area contributed by atoms with E-state index in [4.69, 9.17) is 42.6 Å². The van der Waals surface area contributed by atoms with E-state index < -0.39 is 45.7 Å². The number of nitrogens with zero attached hydrogens (tertiary/aromatic N) is 19. The minimum Gasteiger partial charge on any atom is -0.435 e. The highest BCUT2D eigenvalue weighted by Gasteiger charge is 2.38. The number of anilines is 15. The zero-order valence-electron chi connectivity index (χ0n) is 99.9. The van der Waals surface area contributed by atoms with Gasteiger partial charge in [-0.05, 0) is 260 Å².